The summed E-state index contributed by atoms with van der Waals surface area (Å²) in [6.45, 7) is 0.745. The largest absolute Gasteiger partial charge is 0.496 e. The maximum Gasteiger partial charge on any atom is 0.320 e. The van der Waals surface area contributed by atoms with Crippen molar-refractivity contribution in [1.29, 1.82) is 0 Å². The molecule has 2 unspecified atom stereocenters. The van der Waals surface area contributed by atoms with Crippen molar-refractivity contribution in [2.75, 3.05) is 13.7 Å². The molecule has 2 atom stereocenters. The van der Waals surface area contributed by atoms with Gasteiger partial charge in [-0.2, -0.15) is 0 Å². The molecule has 1 aliphatic heterocycles. The maximum absolute atomic E-state index is 11.8. The summed E-state index contributed by atoms with van der Waals surface area (Å²) in [6.07, 6.45) is 2.60. The molecule has 0 saturated carbocycles. The molecule has 2 heterocycles. The smallest absolute Gasteiger partial charge is 0.320 e. The molecule has 0 aliphatic carbocycles. The van der Waals surface area contributed by atoms with Gasteiger partial charge >= 0.3 is 5.97 Å². The number of benzene rings is 1. The van der Waals surface area contributed by atoms with Crippen molar-refractivity contribution < 1.29 is 14.6 Å². The summed E-state index contributed by atoms with van der Waals surface area (Å²) in [5, 5.41) is 9.69. The van der Waals surface area contributed by atoms with E-state index in [9.17, 15) is 9.90 Å². The highest BCUT2D eigenvalue weighted by molar-refractivity contribution is 7.16. The summed E-state index contributed by atoms with van der Waals surface area (Å²) in [5.74, 6) is -0.000939. The van der Waals surface area contributed by atoms with Crippen molar-refractivity contribution in [2.45, 2.75) is 31.3 Å². The number of hydrogen-bond acceptors (Lipinski definition) is 4. The lowest BCUT2D eigenvalue weighted by Crippen LogP contribution is -2.46. The van der Waals surface area contributed by atoms with Gasteiger partial charge in [-0.05, 0) is 37.6 Å². The van der Waals surface area contributed by atoms with Crippen molar-refractivity contribution in [3.63, 3.8) is 0 Å². The Morgan fingerprint density at radius 1 is 1.33 bits per heavy atom. The minimum atomic E-state index is -0.766. The number of halogens is 1. The van der Waals surface area contributed by atoms with E-state index in [1.165, 1.54) is 11.3 Å². The van der Waals surface area contributed by atoms with E-state index in [-0.39, 0.29) is 6.04 Å². The molecular formula is C18H20ClNO3S. The topological polar surface area (TPSA) is 49.8 Å². The zero-order valence-electron chi connectivity index (χ0n) is 13.4. The predicted octanol–water partition coefficient (Wildman–Crippen LogP) is 4.44. The van der Waals surface area contributed by atoms with Crippen molar-refractivity contribution in [2.24, 2.45) is 0 Å². The Morgan fingerprint density at radius 3 is 2.79 bits per heavy atom. The number of ether oxygens (including phenoxy) is 1. The number of aliphatic carboxylic acids is 1. The Labute approximate surface area is 150 Å². The molecule has 1 aromatic carbocycles. The van der Waals surface area contributed by atoms with Crippen molar-refractivity contribution in [1.82, 2.24) is 4.90 Å². The van der Waals surface area contributed by atoms with Crippen molar-refractivity contribution in [3.8, 4) is 5.75 Å². The highest BCUT2D eigenvalue weighted by Crippen LogP contribution is 2.41. The Balaban J connectivity index is 2.09. The van der Waals surface area contributed by atoms with Gasteiger partial charge in [-0.3, -0.25) is 9.69 Å². The van der Waals surface area contributed by atoms with Gasteiger partial charge in [0.05, 0.1) is 17.5 Å². The number of para-hydroxylation sites is 1. The van der Waals surface area contributed by atoms with Gasteiger partial charge in [-0.1, -0.05) is 36.2 Å². The summed E-state index contributed by atoms with van der Waals surface area (Å²) in [5.41, 5.74) is 0.978. The highest BCUT2D eigenvalue weighted by Gasteiger charge is 2.36. The van der Waals surface area contributed by atoms with Gasteiger partial charge in [-0.25, -0.2) is 0 Å². The number of rotatable bonds is 5. The normalized spacial score (nSPS) is 19.8. The van der Waals surface area contributed by atoms with Crippen LogP contribution in [0.3, 0.4) is 0 Å². The van der Waals surface area contributed by atoms with Crippen LogP contribution in [0.2, 0.25) is 4.34 Å². The van der Waals surface area contributed by atoms with Crippen LogP contribution >= 0.6 is 22.9 Å². The van der Waals surface area contributed by atoms with Gasteiger partial charge in [-0.15, -0.1) is 11.3 Å². The zero-order valence-corrected chi connectivity index (χ0v) is 15.0. The third-order valence-electron chi connectivity index (χ3n) is 4.46. The van der Waals surface area contributed by atoms with Crippen molar-refractivity contribution >= 4 is 28.9 Å². The fraction of sp³-hybridized carbons (Fsp3) is 0.389. The lowest BCUT2D eigenvalue weighted by Gasteiger charge is -2.39. The number of likely N-dealkylation sites (tertiary alicyclic amines) is 1. The molecule has 1 saturated heterocycles. The van der Waals surface area contributed by atoms with Crippen LogP contribution in [0.5, 0.6) is 5.75 Å². The molecule has 0 amide bonds. The Hall–Kier alpha value is -1.56. The van der Waals surface area contributed by atoms with Crippen LogP contribution < -0.4 is 4.74 Å². The average Bonchev–Trinajstić information content (AvgIpc) is 3.02. The third kappa shape index (κ3) is 3.43. The molecular weight excluding hydrogens is 346 g/mol. The van der Waals surface area contributed by atoms with E-state index in [1.807, 2.05) is 36.4 Å². The fourth-order valence-electron chi connectivity index (χ4n) is 3.39. The highest BCUT2D eigenvalue weighted by atomic mass is 35.5. The summed E-state index contributed by atoms with van der Waals surface area (Å²) < 4.78 is 6.24. The Morgan fingerprint density at radius 2 is 2.12 bits per heavy atom. The maximum atomic E-state index is 11.8. The predicted molar refractivity (Wildman–Crippen MR) is 96.1 cm³/mol. The van der Waals surface area contributed by atoms with Gasteiger partial charge in [0.15, 0.2) is 0 Å². The van der Waals surface area contributed by atoms with Gasteiger partial charge < -0.3 is 9.84 Å². The fourth-order valence-corrected chi connectivity index (χ4v) is 4.59. The molecule has 1 aliphatic rings. The molecule has 24 heavy (non-hydrogen) atoms. The lowest BCUT2D eigenvalue weighted by molar-refractivity contribution is -0.145. The number of hydrogen-bond donors (Lipinski definition) is 1. The van der Waals surface area contributed by atoms with Crippen LogP contribution in [0.25, 0.3) is 0 Å². The first kappa shape index (κ1) is 17.3. The average molecular weight is 366 g/mol. The molecule has 1 aromatic heterocycles. The molecule has 3 rings (SSSR count). The number of nitrogens with zero attached hydrogens (tertiary/aromatic N) is 1. The lowest BCUT2D eigenvalue weighted by atomic mass is 9.95. The second kappa shape index (κ2) is 7.55. The molecule has 1 N–H and O–H groups in total. The minimum Gasteiger partial charge on any atom is -0.496 e. The first-order valence-electron chi connectivity index (χ1n) is 7.98. The zero-order chi connectivity index (χ0) is 17.1. The first-order chi connectivity index (χ1) is 11.6. The molecule has 0 spiro atoms. The molecule has 128 valence electrons. The number of carboxylic acid groups (broad SMARTS) is 1. The van der Waals surface area contributed by atoms with Gasteiger partial charge in [0.2, 0.25) is 0 Å². The molecule has 4 nitrogen and oxygen atoms in total. The third-order valence-corrected chi connectivity index (χ3v) is 5.74. The van der Waals surface area contributed by atoms with E-state index in [1.54, 1.807) is 7.11 Å². The van der Waals surface area contributed by atoms with Gasteiger partial charge in [0, 0.05) is 10.4 Å². The standard InChI is InChI=1S/C18H20ClNO3S/c1-23-14-8-3-2-6-12(14)17(15-9-10-16(19)24-15)20-11-5-4-7-13(20)18(21)22/h2-3,6,8-10,13,17H,4-5,7,11H2,1H3,(H,21,22). The number of thiophene rings is 1. The quantitative estimate of drug-likeness (QED) is 0.851. The number of piperidine rings is 1. The van der Waals surface area contributed by atoms with E-state index in [4.69, 9.17) is 16.3 Å². The second-order valence-electron chi connectivity index (χ2n) is 5.87. The molecule has 0 bridgehead atoms. The summed E-state index contributed by atoms with van der Waals surface area (Å²) in [6, 6.07) is 11.0. The van der Waals surface area contributed by atoms with E-state index < -0.39 is 12.0 Å². The number of methoxy groups -OCH3 is 1. The van der Waals surface area contributed by atoms with E-state index in [0.29, 0.717) is 10.8 Å². The minimum absolute atomic E-state index is 0.167. The van der Waals surface area contributed by atoms with Crippen LogP contribution in [-0.4, -0.2) is 35.7 Å². The van der Waals surface area contributed by atoms with E-state index >= 15 is 0 Å². The molecule has 0 radical (unpaired) electrons. The summed E-state index contributed by atoms with van der Waals surface area (Å²) in [4.78, 5) is 14.9. The number of carboxylic acids is 1. The van der Waals surface area contributed by atoms with Crippen LogP contribution in [0.15, 0.2) is 36.4 Å². The van der Waals surface area contributed by atoms with E-state index in [0.717, 1.165) is 35.6 Å². The van der Waals surface area contributed by atoms with Crippen LogP contribution in [0, 0.1) is 0 Å². The van der Waals surface area contributed by atoms with Gasteiger partial charge in [0.1, 0.15) is 11.8 Å². The monoisotopic (exact) mass is 365 g/mol. The number of carbonyl (C=O) groups is 1. The summed E-state index contributed by atoms with van der Waals surface area (Å²) >= 11 is 7.65. The second-order valence-corrected chi connectivity index (χ2v) is 7.62. The Bertz CT molecular complexity index is 718. The van der Waals surface area contributed by atoms with Crippen LogP contribution in [-0.2, 0) is 4.79 Å². The van der Waals surface area contributed by atoms with Crippen LogP contribution in [0.4, 0.5) is 0 Å². The molecule has 2 aromatic rings. The van der Waals surface area contributed by atoms with Crippen molar-refractivity contribution in [3.05, 3.63) is 51.2 Å². The van der Waals surface area contributed by atoms with Crippen LogP contribution in [0.1, 0.15) is 35.7 Å². The molecule has 6 heteroatoms. The summed E-state index contributed by atoms with van der Waals surface area (Å²) in [7, 11) is 1.64. The SMILES string of the molecule is COc1ccccc1C(c1ccc(Cl)s1)N1CCCCC1C(=O)O. The Kier molecular flexibility index (Phi) is 5.43. The first-order valence-corrected chi connectivity index (χ1v) is 9.18. The van der Waals surface area contributed by atoms with E-state index in [2.05, 4.69) is 4.90 Å². The molecule has 1 fully saturated rings. The van der Waals surface area contributed by atoms with Gasteiger partial charge in [0.25, 0.3) is 0 Å².